The number of carbonyl (C=O) groups is 3. The molecule has 0 aromatic heterocycles. The van der Waals surface area contributed by atoms with Crippen molar-refractivity contribution in [2.45, 2.75) is 52.5 Å². The molecular formula is C24H28N4O5. The average Bonchev–Trinajstić information content (AvgIpc) is 2.93. The highest BCUT2D eigenvalue weighted by molar-refractivity contribution is 6.10. The Labute approximate surface area is 192 Å². The SMILES string of the molecule is Cc1cc(NC(=O)CN2C(=O)N[C@](C)(c3ccc(C(C)(C)C)cc3)C2=O)c([N+](=O)[O-])cc1C. The van der Waals surface area contributed by atoms with E-state index in [1.54, 1.807) is 32.9 Å². The zero-order valence-corrected chi connectivity index (χ0v) is 19.6. The van der Waals surface area contributed by atoms with Crippen molar-refractivity contribution < 1.29 is 19.3 Å². The molecule has 1 saturated heterocycles. The lowest BCUT2D eigenvalue weighted by Crippen LogP contribution is -2.42. The molecule has 9 nitrogen and oxygen atoms in total. The predicted molar refractivity (Wildman–Crippen MR) is 124 cm³/mol. The zero-order chi connectivity index (χ0) is 24.7. The topological polar surface area (TPSA) is 122 Å². The molecule has 0 bridgehead atoms. The maximum absolute atomic E-state index is 13.1. The van der Waals surface area contributed by atoms with Crippen LogP contribution in [0.5, 0.6) is 0 Å². The molecule has 1 aliphatic heterocycles. The molecule has 4 amide bonds. The molecule has 1 heterocycles. The van der Waals surface area contributed by atoms with Gasteiger partial charge in [0.15, 0.2) is 0 Å². The van der Waals surface area contributed by atoms with Gasteiger partial charge in [-0.3, -0.25) is 24.6 Å². The van der Waals surface area contributed by atoms with E-state index in [9.17, 15) is 24.5 Å². The van der Waals surface area contributed by atoms with Gasteiger partial charge in [-0.05, 0) is 54.5 Å². The van der Waals surface area contributed by atoms with Gasteiger partial charge in [0.1, 0.15) is 17.8 Å². The molecule has 33 heavy (non-hydrogen) atoms. The van der Waals surface area contributed by atoms with E-state index in [0.29, 0.717) is 11.1 Å². The van der Waals surface area contributed by atoms with Gasteiger partial charge in [-0.1, -0.05) is 45.0 Å². The van der Waals surface area contributed by atoms with Crippen molar-refractivity contribution >= 4 is 29.2 Å². The fourth-order valence-electron chi connectivity index (χ4n) is 3.73. The molecule has 1 aliphatic rings. The van der Waals surface area contributed by atoms with Crippen molar-refractivity contribution in [3.63, 3.8) is 0 Å². The highest BCUT2D eigenvalue weighted by atomic mass is 16.6. The monoisotopic (exact) mass is 452 g/mol. The van der Waals surface area contributed by atoms with Gasteiger partial charge in [-0.25, -0.2) is 4.79 Å². The van der Waals surface area contributed by atoms with Gasteiger partial charge in [0.05, 0.1) is 4.92 Å². The number of nitrogens with one attached hydrogen (secondary N) is 2. The minimum absolute atomic E-state index is 0.0145. The van der Waals surface area contributed by atoms with E-state index >= 15 is 0 Å². The predicted octanol–water partition coefficient (Wildman–Crippen LogP) is 3.91. The number of aryl methyl sites for hydroxylation is 2. The summed E-state index contributed by atoms with van der Waals surface area (Å²) in [6.45, 7) is 10.7. The van der Waals surface area contributed by atoms with Crippen LogP contribution in [0.25, 0.3) is 0 Å². The van der Waals surface area contributed by atoms with Crippen LogP contribution in [0.15, 0.2) is 36.4 Å². The maximum atomic E-state index is 13.1. The molecule has 0 aliphatic carbocycles. The van der Waals surface area contributed by atoms with Crippen LogP contribution in [0.4, 0.5) is 16.2 Å². The number of rotatable bonds is 5. The van der Waals surface area contributed by atoms with Crippen LogP contribution in [0.3, 0.4) is 0 Å². The normalized spacial score (nSPS) is 18.3. The molecule has 1 fully saturated rings. The minimum Gasteiger partial charge on any atom is -0.319 e. The molecule has 2 aromatic carbocycles. The number of imide groups is 1. The summed E-state index contributed by atoms with van der Waals surface area (Å²) >= 11 is 0. The summed E-state index contributed by atoms with van der Waals surface area (Å²) in [5.41, 5.74) is 1.52. The van der Waals surface area contributed by atoms with E-state index in [4.69, 9.17) is 0 Å². The van der Waals surface area contributed by atoms with Gasteiger partial charge in [0.25, 0.3) is 11.6 Å². The number of nitro groups is 1. The van der Waals surface area contributed by atoms with Crippen molar-refractivity contribution in [2.24, 2.45) is 0 Å². The number of carbonyl (C=O) groups excluding carboxylic acids is 3. The summed E-state index contributed by atoms with van der Waals surface area (Å²) < 4.78 is 0. The maximum Gasteiger partial charge on any atom is 0.325 e. The van der Waals surface area contributed by atoms with E-state index in [-0.39, 0.29) is 16.8 Å². The van der Waals surface area contributed by atoms with Crippen LogP contribution in [-0.4, -0.2) is 34.2 Å². The highest BCUT2D eigenvalue weighted by Gasteiger charge is 2.49. The van der Waals surface area contributed by atoms with Gasteiger partial charge in [0, 0.05) is 6.07 Å². The number of hydrogen-bond acceptors (Lipinski definition) is 5. The molecule has 1 atom stereocenters. The number of hydrogen-bond donors (Lipinski definition) is 2. The molecule has 3 rings (SSSR count). The van der Waals surface area contributed by atoms with Crippen molar-refractivity contribution in [1.29, 1.82) is 0 Å². The Morgan fingerprint density at radius 2 is 1.70 bits per heavy atom. The summed E-state index contributed by atoms with van der Waals surface area (Å²) in [7, 11) is 0. The Kier molecular flexibility index (Phi) is 6.02. The third-order valence-electron chi connectivity index (χ3n) is 5.99. The Hall–Kier alpha value is -3.75. The third-order valence-corrected chi connectivity index (χ3v) is 5.99. The summed E-state index contributed by atoms with van der Waals surface area (Å²) in [6.07, 6.45) is 0. The van der Waals surface area contributed by atoms with Gasteiger partial charge < -0.3 is 10.6 Å². The van der Waals surface area contributed by atoms with Crippen LogP contribution in [0, 0.1) is 24.0 Å². The Bertz CT molecular complexity index is 1150. The Morgan fingerprint density at radius 3 is 2.24 bits per heavy atom. The smallest absolute Gasteiger partial charge is 0.319 e. The summed E-state index contributed by atoms with van der Waals surface area (Å²) in [4.78, 5) is 49.9. The summed E-state index contributed by atoms with van der Waals surface area (Å²) in [6, 6.07) is 9.58. The van der Waals surface area contributed by atoms with Crippen LogP contribution < -0.4 is 10.6 Å². The third kappa shape index (κ3) is 4.57. The first-order valence-corrected chi connectivity index (χ1v) is 10.5. The fourth-order valence-corrected chi connectivity index (χ4v) is 3.73. The van der Waals surface area contributed by atoms with Crippen molar-refractivity contribution in [2.75, 3.05) is 11.9 Å². The zero-order valence-electron chi connectivity index (χ0n) is 19.6. The number of nitro benzene ring substituents is 1. The number of benzene rings is 2. The molecule has 9 heteroatoms. The molecule has 0 saturated carbocycles. The molecule has 174 valence electrons. The molecule has 2 N–H and O–H groups in total. The van der Waals surface area contributed by atoms with Gasteiger partial charge in [-0.2, -0.15) is 0 Å². The van der Waals surface area contributed by atoms with Gasteiger partial charge >= 0.3 is 6.03 Å². The van der Waals surface area contributed by atoms with E-state index in [1.165, 1.54) is 12.1 Å². The molecular weight excluding hydrogens is 424 g/mol. The first-order valence-electron chi connectivity index (χ1n) is 10.5. The van der Waals surface area contributed by atoms with E-state index in [0.717, 1.165) is 16.0 Å². The first-order chi connectivity index (χ1) is 15.2. The minimum atomic E-state index is -1.32. The summed E-state index contributed by atoms with van der Waals surface area (Å²) in [5, 5.41) is 16.5. The number of anilines is 1. The lowest BCUT2D eigenvalue weighted by atomic mass is 9.84. The number of amides is 4. The van der Waals surface area contributed by atoms with Gasteiger partial charge in [0.2, 0.25) is 5.91 Å². The second-order valence-corrected chi connectivity index (χ2v) is 9.53. The fraction of sp³-hybridized carbons (Fsp3) is 0.375. The molecule has 0 radical (unpaired) electrons. The second-order valence-electron chi connectivity index (χ2n) is 9.53. The lowest BCUT2D eigenvalue weighted by Gasteiger charge is -2.24. The molecule has 0 spiro atoms. The van der Waals surface area contributed by atoms with Crippen LogP contribution in [-0.2, 0) is 20.5 Å². The Morgan fingerprint density at radius 1 is 1.12 bits per heavy atom. The van der Waals surface area contributed by atoms with Crippen LogP contribution >= 0.6 is 0 Å². The van der Waals surface area contributed by atoms with Gasteiger partial charge in [-0.15, -0.1) is 0 Å². The average molecular weight is 453 g/mol. The van der Waals surface area contributed by atoms with Crippen LogP contribution in [0.2, 0.25) is 0 Å². The van der Waals surface area contributed by atoms with E-state index in [2.05, 4.69) is 31.4 Å². The second kappa shape index (κ2) is 8.31. The van der Waals surface area contributed by atoms with Crippen LogP contribution in [0.1, 0.15) is 49.9 Å². The Balaban J connectivity index is 1.80. The molecule has 0 unspecified atom stereocenters. The lowest BCUT2D eigenvalue weighted by molar-refractivity contribution is -0.384. The summed E-state index contributed by atoms with van der Waals surface area (Å²) in [5.74, 6) is -1.28. The highest BCUT2D eigenvalue weighted by Crippen LogP contribution is 2.32. The molecule has 2 aromatic rings. The first kappa shape index (κ1) is 23.9. The standard InChI is InChI=1S/C24H28N4O5/c1-14-11-18(19(28(32)33)12-15(14)2)25-20(29)13-27-21(30)24(6,26-22(27)31)17-9-7-16(8-10-17)23(3,4)5/h7-12H,13H2,1-6H3,(H,25,29)(H,26,31)/t24-/m1/s1. The largest absolute Gasteiger partial charge is 0.325 e. The number of urea groups is 1. The van der Waals surface area contributed by atoms with E-state index in [1.807, 2.05) is 12.1 Å². The van der Waals surface area contributed by atoms with E-state index < -0.39 is 34.9 Å². The van der Waals surface area contributed by atoms with Crippen molar-refractivity contribution in [3.05, 3.63) is 68.8 Å². The number of nitrogens with zero attached hydrogens (tertiary/aromatic N) is 2. The quantitative estimate of drug-likeness (QED) is 0.405. The van der Waals surface area contributed by atoms with Crippen molar-refractivity contribution in [3.8, 4) is 0 Å². The van der Waals surface area contributed by atoms with Crippen molar-refractivity contribution in [1.82, 2.24) is 10.2 Å².